The van der Waals surface area contributed by atoms with E-state index < -0.39 is 5.97 Å². The molecule has 19 heavy (non-hydrogen) atoms. The molecule has 0 amide bonds. The lowest BCUT2D eigenvalue weighted by Gasteiger charge is -2.03. The van der Waals surface area contributed by atoms with Crippen LogP contribution in [0.15, 0.2) is 9.57 Å². The Kier molecular flexibility index (Phi) is 3.66. The molecular formula is C12H15N3O3S. The molecule has 2 aromatic rings. The zero-order valence-electron chi connectivity index (χ0n) is 11.2. The van der Waals surface area contributed by atoms with Crippen LogP contribution in [-0.2, 0) is 11.8 Å². The van der Waals surface area contributed by atoms with Crippen molar-refractivity contribution in [1.82, 2.24) is 14.8 Å². The summed E-state index contributed by atoms with van der Waals surface area (Å²) in [6.07, 6.45) is 0. The van der Waals surface area contributed by atoms with Gasteiger partial charge >= 0.3 is 5.97 Å². The van der Waals surface area contributed by atoms with Crippen LogP contribution in [0.2, 0.25) is 0 Å². The van der Waals surface area contributed by atoms with Gasteiger partial charge in [0.1, 0.15) is 11.5 Å². The number of carbonyl (C=O) groups is 1. The van der Waals surface area contributed by atoms with Crippen LogP contribution < -0.4 is 0 Å². The summed E-state index contributed by atoms with van der Waals surface area (Å²) in [6, 6.07) is 0. The molecule has 0 aliphatic carbocycles. The van der Waals surface area contributed by atoms with E-state index in [1.54, 1.807) is 4.57 Å². The van der Waals surface area contributed by atoms with Gasteiger partial charge in [-0.2, -0.15) is 0 Å². The third-order valence-electron chi connectivity index (χ3n) is 2.94. The fraction of sp³-hybridized carbons (Fsp3) is 0.417. The summed E-state index contributed by atoms with van der Waals surface area (Å²) < 4.78 is 7.37. The average molecular weight is 281 g/mol. The fourth-order valence-corrected chi connectivity index (χ4v) is 2.54. The number of hydrogen-bond donors (Lipinski definition) is 1. The van der Waals surface area contributed by atoms with Crippen molar-refractivity contribution in [1.29, 1.82) is 0 Å². The highest BCUT2D eigenvalue weighted by Gasteiger charge is 2.20. The number of hydrogen-bond acceptors (Lipinski definition) is 5. The molecule has 6 nitrogen and oxygen atoms in total. The largest absolute Gasteiger partial charge is 0.481 e. The van der Waals surface area contributed by atoms with Crippen LogP contribution in [0.1, 0.15) is 17.1 Å². The zero-order valence-corrected chi connectivity index (χ0v) is 12.0. The van der Waals surface area contributed by atoms with Crippen LogP contribution in [-0.4, -0.2) is 31.6 Å². The van der Waals surface area contributed by atoms with Crippen LogP contribution in [0.4, 0.5) is 0 Å². The molecular weight excluding hydrogens is 266 g/mol. The van der Waals surface area contributed by atoms with Gasteiger partial charge < -0.3 is 14.1 Å². The summed E-state index contributed by atoms with van der Waals surface area (Å²) in [6.45, 7) is 5.76. The first-order valence-electron chi connectivity index (χ1n) is 5.72. The molecule has 0 aliphatic heterocycles. The van der Waals surface area contributed by atoms with Gasteiger partial charge in [0.2, 0.25) is 0 Å². The lowest BCUT2D eigenvalue weighted by Crippen LogP contribution is -2.01. The first kappa shape index (κ1) is 13.7. The third-order valence-corrected chi connectivity index (χ3v) is 3.95. The number of furan rings is 1. The van der Waals surface area contributed by atoms with E-state index in [9.17, 15) is 4.79 Å². The maximum absolute atomic E-state index is 10.6. The topological polar surface area (TPSA) is 81.2 Å². The highest BCUT2D eigenvalue weighted by atomic mass is 32.2. The van der Waals surface area contributed by atoms with Gasteiger partial charge in [-0.3, -0.25) is 4.79 Å². The molecule has 0 aromatic carbocycles. The number of nitrogens with zero attached hydrogens (tertiary/aromatic N) is 3. The molecule has 2 heterocycles. The predicted molar refractivity (Wildman–Crippen MR) is 71.3 cm³/mol. The van der Waals surface area contributed by atoms with Crippen LogP contribution in [0, 0.1) is 20.8 Å². The van der Waals surface area contributed by atoms with Crippen LogP contribution in [0.3, 0.4) is 0 Å². The molecule has 0 spiro atoms. The van der Waals surface area contributed by atoms with Crippen molar-refractivity contribution in [2.75, 3.05) is 5.75 Å². The summed E-state index contributed by atoms with van der Waals surface area (Å²) in [5.74, 6) is 1.44. The van der Waals surface area contributed by atoms with Crippen molar-refractivity contribution < 1.29 is 14.3 Å². The standard InChI is InChI=1S/C12H15N3O3S/c1-6-7(2)18-8(3)10(6)11-13-14-12(15(11)4)19-5-9(16)17/h5H2,1-4H3,(H,16,17). The minimum Gasteiger partial charge on any atom is -0.481 e. The Morgan fingerprint density at radius 3 is 2.53 bits per heavy atom. The Labute approximate surface area is 114 Å². The Morgan fingerprint density at radius 2 is 2.00 bits per heavy atom. The monoisotopic (exact) mass is 281 g/mol. The number of carboxylic acid groups (broad SMARTS) is 1. The van der Waals surface area contributed by atoms with Crippen molar-refractivity contribution in [2.45, 2.75) is 25.9 Å². The van der Waals surface area contributed by atoms with E-state index in [1.807, 2.05) is 27.8 Å². The molecule has 0 radical (unpaired) electrons. The molecule has 0 saturated carbocycles. The molecule has 102 valence electrons. The van der Waals surface area contributed by atoms with E-state index >= 15 is 0 Å². The second kappa shape index (κ2) is 5.08. The molecule has 2 aromatic heterocycles. The van der Waals surface area contributed by atoms with Crippen molar-refractivity contribution in [3.8, 4) is 11.4 Å². The lowest BCUT2D eigenvalue weighted by molar-refractivity contribution is -0.133. The summed E-state index contributed by atoms with van der Waals surface area (Å²) in [5.41, 5.74) is 1.96. The minimum atomic E-state index is -0.874. The van der Waals surface area contributed by atoms with Gasteiger partial charge in [0.15, 0.2) is 11.0 Å². The third kappa shape index (κ3) is 2.51. The Morgan fingerprint density at radius 1 is 1.32 bits per heavy atom. The zero-order chi connectivity index (χ0) is 14.2. The molecule has 2 rings (SSSR count). The van der Waals surface area contributed by atoms with Crippen LogP contribution in [0.25, 0.3) is 11.4 Å². The molecule has 0 fully saturated rings. The number of rotatable bonds is 4. The molecule has 0 atom stereocenters. The van der Waals surface area contributed by atoms with Crippen molar-refractivity contribution >= 4 is 17.7 Å². The summed E-state index contributed by atoms with van der Waals surface area (Å²) in [4.78, 5) is 10.6. The van der Waals surface area contributed by atoms with Gasteiger partial charge in [0.05, 0.1) is 11.3 Å². The Hall–Kier alpha value is -1.76. The van der Waals surface area contributed by atoms with Gasteiger partial charge in [-0.15, -0.1) is 10.2 Å². The molecule has 0 aliphatic rings. The highest BCUT2D eigenvalue weighted by Crippen LogP contribution is 2.31. The minimum absolute atomic E-state index is 0.0334. The predicted octanol–water partition coefficient (Wildman–Crippen LogP) is 2.18. The number of aromatic nitrogens is 3. The van der Waals surface area contributed by atoms with Gasteiger partial charge in [0, 0.05) is 12.6 Å². The van der Waals surface area contributed by atoms with Gasteiger partial charge in [-0.1, -0.05) is 11.8 Å². The van der Waals surface area contributed by atoms with Gasteiger partial charge in [-0.05, 0) is 20.8 Å². The van der Waals surface area contributed by atoms with Crippen LogP contribution in [0.5, 0.6) is 0 Å². The van der Waals surface area contributed by atoms with Crippen molar-refractivity contribution in [2.24, 2.45) is 7.05 Å². The summed E-state index contributed by atoms with van der Waals surface area (Å²) in [5, 5.41) is 17.4. The van der Waals surface area contributed by atoms with E-state index in [0.29, 0.717) is 11.0 Å². The van der Waals surface area contributed by atoms with E-state index in [2.05, 4.69) is 10.2 Å². The number of thioether (sulfide) groups is 1. The maximum Gasteiger partial charge on any atom is 0.313 e. The maximum atomic E-state index is 10.6. The number of carboxylic acids is 1. The molecule has 0 saturated heterocycles. The SMILES string of the molecule is Cc1oc(C)c(-c2nnc(SCC(=O)O)n2C)c1C. The Bertz CT molecular complexity index is 630. The second-order valence-electron chi connectivity index (χ2n) is 4.26. The molecule has 0 bridgehead atoms. The van der Waals surface area contributed by atoms with Crippen molar-refractivity contribution in [3.63, 3.8) is 0 Å². The van der Waals surface area contributed by atoms with E-state index in [4.69, 9.17) is 9.52 Å². The smallest absolute Gasteiger partial charge is 0.313 e. The molecule has 0 unspecified atom stereocenters. The molecule has 7 heteroatoms. The van der Waals surface area contributed by atoms with Gasteiger partial charge in [0.25, 0.3) is 0 Å². The fourth-order valence-electron chi connectivity index (χ4n) is 1.91. The second-order valence-corrected chi connectivity index (χ2v) is 5.20. The van der Waals surface area contributed by atoms with E-state index in [-0.39, 0.29) is 5.75 Å². The summed E-state index contributed by atoms with van der Waals surface area (Å²) >= 11 is 1.15. The van der Waals surface area contributed by atoms with E-state index in [1.165, 1.54) is 0 Å². The number of aliphatic carboxylic acids is 1. The first-order chi connectivity index (χ1) is 8.91. The normalized spacial score (nSPS) is 10.9. The highest BCUT2D eigenvalue weighted by molar-refractivity contribution is 7.99. The quantitative estimate of drug-likeness (QED) is 0.865. The molecule has 1 N–H and O–H groups in total. The number of aryl methyl sites for hydroxylation is 2. The van der Waals surface area contributed by atoms with E-state index in [0.717, 1.165) is 34.4 Å². The van der Waals surface area contributed by atoms with Gasteiger partial charge in [-0.25, -0.2) is 0 Å². The first-order valence-corrected chi connectivity index (χ1v) is 6.71. The average Bonchev–Trinajstić information content (AvgIpc) is 2.79. The lowest BCUT2D eigenvalue weighted by atomic mass is 10.1. The van der Waals surface area contributed by atoms with Crippen molar-refractivity contribution in [3.05, 3.63) is 17.1 Å². The Balaban J connectivity index is 2.39. The summed E-state index contributed by atoms with van der Waals surface area (Å²) in [7, 11) is 1.82. The van der Waals surface area contributed by atoms with Crippen LogP contribution >= 0.6 is 11.8 Å².